The van der Waals surface area contributed by atoms with Gasteiger partial charge in [0, 0.05) is 18.8 Å². The van der Waals surface area contributed by atoms with E-state index in [0.717, 1.165) is 23.1 Å². The maximum absolute atomic E-state index is 14.4. The van der Waals surface area contributed by atoms with Crippen molar-refractivity contribution in [2.75, 3.05) is 0 Å². The predicted molar refractivity (Wildman–Crippen MR) is 167 cm³/mol. The molecule has 4 aliphatic rings. The number of fused-ring (bicyclic) bond motifs is 3. The molecule has 2 bridgehead atoms. The molecule has 2 heterocycles. The minimum absolute atomic E-state index is 0.0451. The molecule has 6 heteroatoms. The van der Waals surface area contributed by atoms with Gasteiger partial charge in [-0.15, -0.1) is 0 Å². The van der Waals surface area contributed by atoms with Gasteiger partial charge < -0.3 is 14.2 Å². The van der Waals surface area contributed by atoms with E-state index in [4.69, 9.17) is 14.2 Å². The normalized spacial score (nSPS) is 35.4. The molecular weight excluding hydrogens is 552 g/mol. The average Bonchev–Trinajstić information content (AvgIpc) is 3.33. The van der Waals surface area contributed by atoms with E-state index in [1.54, 1.807) is 0 Å². The lowest BCUT2D eigenvalue weighted by atomic mass is 9.77. The molecule has 0 aromatic heterocycles. The van der Waals surface area contributed by atoms with Crippen molar-refractivity contribution in [2.45, 2.75) is 96.6 Å². The fraction of sp³-hybridized carbons (Fsp3) is 0.553. The van der Waals surface area contributed by atoms with Gasteiger partial charge in [-0.05, 0) is 72.0 Å². The second-order valence-corrected chi connectivity index (χ2v) is 14.3. The first-order valence-corrected chi connectivity index (χ1v) is 16.4. The summed E-state index contributed by atoms with van der Waals surface area (Å²) in [7, 11) is 0. The maximum Gasteiger partial charge on any atom is 0.306 e. The first-order valence-electron chi connectivity index (χ1n) is 16.4. The van der Waals surface area contributed by atoms with E-state index >= 15 is 0 Å². The number of carbonyl (C=O) groups is 3. The number of ether oxygens (including phenoxy) is 3. The minimum Gasteiger partial charge on any atom is -0.461 e. The first kappa shape index (κ1) is 30.8. The summed E-state index contributed by atoms with van der Waals surface area (Å²) in [4.78, 5) is 41.2. The van der Waals surface area contributed by atoms with Crippen LogP contribution >= 0.6 is 0 Å². The van der Waals surface area contributed by atoms with Crippen molar-refractivity contribution in [3.63, 3.8) is 0 Å². The van der Waals surface area contributed by atoms with Crippen molar-refractivity contribution >= 4 is 17.7 Å². The second-order valence-electron chi connectivity index (χ2n) is 14.3. The second kappa shape index (κ2) is 11.9. The molecule has 4 fully saturated rings. The molecule has 44 heavy (non-hydrogen) atoms. The van der Waals surface area contributed by atoms with Gasteiger partial charge in [0.05, 0.1) is 12.0 Å². The zero-order valence-corrected chi connectivity index (χ0v) is 26.5. The van der Waals surface area contributed by atoms with Crippen molar-refractivity contribution in [3.8, 4) is 0 Å². The molecule has 0 radical (unpaired) electrons. The van der Waals surface area contributed by atoms with Gasteiger partial charge in [-0.1, -0.05) is 94.9 Å². The van der Waals surface area contributed by atoms with Crippen LogP contribution in [-0.4, -0.2) is 41.6 Å². The Kier molecular flexibility index (Phi) is 8.34. The third kappa shape index (κ3) is 5.55. The van der Waals surface area contributed by atoms with Crippen molar-refractivity contribution in [3.05, 3.63) is 83.9 Å². The van der Waals surface area contributed by atoms with Crippen LogP contribution in [0.1, 0.15) is 70.9 Å². The summed E-state index contributed by atoms with van der Waals surface area (Å²) >= 11 is 0. The molecule has 0 unspecified atom stereocenters. The number of ketones is 1. The topological polar surface area (TPSA) is 78.9 Å². The molecule has 6 nitrogen and oxygen atoms in total. The molecule has 0 N–H and O–H groups in total. The van der Waals surface area contributed by atoms with Gasteiger partial charge >= 0.3 is 11.9 Å². The van der Waals surface area contributed by atoms with E-state index in [1.807, 2.05) is 74.5 Å². The predicted octanol–water partition coefficient (Wildman–Crippen LogP) is 6.70. The fourth-order valence-corrected chi connectivity index (χ4v) is 8.75. The highest BCUT2D eigenvalue weighted by atomic mass is 16.6. The molecule has 2 aliphatic heterocycles. The van der Waals surface area contributed by atoms with Gasteiger partial charge in [0.25, 0.3) is 0 Å². The van der Waals surface area contributed by atoms with Crippen LogP contribution in [0, 0.1) is 35.0 Å². The number of benzene rings is 2. The number of rotatable bonds is 8. The largest absolute Gasteiger partial charge is 0.461 e. The number of hydrogen-bond acceptors (Lipinski definition) is 6. The quantitative estimate of drug-likeness (QED) is 0.249. The third-order valence-corrected chi connectivity index (χ3v) is 11.2. The van der Waals surface area contributed by atoms with E-state index in [1.165, 1.54) is 0 Å². The van der Waals surface area contributed by atoms with E-state index in [-0.39, 0.29) is 59.8 Å². The Labute approximate surface area is 261 Å². The van der Waals surface area contributed by atoms with Crippen LogP contribution in [0.2, 0.25) is 0 Å². The van der Waals surface area contributed by atoms with E-state index in [0.29, 0.717) is 31.6 Å². The van der Waals surface area contributed by atoms with Crippen molar-refractivity contribution in [2.24, 2.45) is 35.0 Å². The summed E-state index contributed by atoms with van der Waals surface area (Å²) in [5.41, 5.74) is 1.75. The summed E-state index contributed by atoms with van der Waals surface area (Å²) in [6, 6.07) is 19.7. The number of aryl methyl sites for hydroxylation is 2. The van der Waals surface area contributed by atoms with Crippen LogP contribution in [0.4, 0.5) is 0 Å². The van der Waals surface area contributed by atoms with Gasteiger partial charge in [0.2, 0.25) is 0 Å². The van der Waals surface area contributed by atoms with E-state index < -0.39 is 23.7 Å². The number of Topliss-reactive ketones (excluding diaryl/α,β-unsaturated/α-hetero) is 1. The smallest absolute Gasteiger partial charge is 0.306 e. The lowest BCUT2D eigenvalue weighted by molar-refractivity contribution is -0.175. The zero-order valence-electron chi connectivity index (χ0n) is 26.5. The Morgan fingerprint density at radius 1 is 0.886 bits per heavy atom. The highest BCUT2D eigenvalue weighted by Gasteiger charge is 2.73. The van der Waals surface area contributed by atoms with Gasteiger partial charge in [-0.3, -0.25) is 14.4 Å². The SMILES string of the molecule is C=C1CC[C@H]2[C@@H]([C@@H]3O[C@]4(C[C@H](C)[C@H](OC(=O)CCc5ccccc5)[C@@H]4[C@H]1OC(=O)CCc1ccccc1)C(=O)[C@H]3C)C2(C)C. The Morgan fingerprint density at radius 2 is 1.45 bits per heavy atom. The molecule has 2 saturated carbocycles. The summed E-state index contributed by atoms with van der Waals surface area (Å²) in [5, 5.41) is 0. The van der Waals surface area contributed by atoms with E-state index in [2.05, 4.69) is 20.4 Å². The molecule has 9 atom stereocenters. The lowest BCUT2D eigenvalue weighted by Crippen LogP contribution is -2.52. The van der Waals surface area contributed by atoms with Crippen molar-refractivity contribution < 1.29 is 28.6 Å². The third-order valence-electron chi connectivity index (χ3n) is 11.2. The molecule has 6 rings (SSSR count). The van der Waals surface area contributed by atoms with Crippen LogP contribution < -0.4 is 0 Å². The van der Waals surface area contributed by atoms with Gasteiger partial charge in [0.15, 0.2) is 5.78 Å². The summed E-state index contributed by atoms with van der Waals surface area (Å²) in [6.45, 7) is 13.0. The number of esters is 2. The Balaban J connectivity index is 1.31. The Morgan fingerprint density at radius 3 is 2.05 bits per heavy atom. The standard InChI is InChI=1S/C38H46O6/c1-23-16-19-28-31(37(28,4)5)35-25(3)36(41)38(44-35)22-24(2)34(43-30(40)21-18-27-14-10-7-11-15-27)32(38)33(23)42-29(39)20-17-26-12-8-6-9-13-26/h6-15,24-25,28,31-35H,1,16-22H2,2-5H3/t24-,25-,28-,31-,32-,33-,34-,35+,38-/m0/s1. The van der Waals surface area contributed by atoms with Crippen LogP contribution in [0.3, 0.4) is 0 Å². The maximum atomic E-state index is 14.4. The van der Waals surface area contributed by atoms with Crippen molar-refractivity contribution in [1.82, 2.24) is 0 Å². The van der Waals surface area contributed by atoms with Gasteiger partial charge in [-0.25, -0.2) is 0 Å². The molecule has 1 spiro atoms. The van der Waals surface area contributed by atoms with Crippen LogP contribution in [-0.2, 0) is 41.4 Å². The van der Waals surface area contributed by atoms with Crippen LogP contribution in [0.5, 0.6) is 0 Å². The Bertz CT molecular complexity index is 1400. The number of hydrogen-bond donors (Lipinski definition) is 0. The minimum atomic E-state index is -1.19. The fourth-order valence-electron chi connectivity index (χ4n) is 8.75. The molecule has 2 saturated heterocycles. The summed E-state index contributed by atoms with van der Waals surface area (Å²) in [5.74, 6) is -1.02. The molecule has 0 amide bonds. The Hall–Kier alpha value is -3.25. The van der Waals surface area contributed by atoms with Crippen LogP contribution in [0.25, 0.3) is 0 Å². The van der Waals surface area contributed by atoms with Crippen molar-refractivity contribution in [1.29, 1.82) is 0 Å². The van der Waals surface area contributed by atoms with Gasteiger partial charge in [-0.2, -0.15) is 0 Å². The van der Waals surface area contributed by atoms with E-state index in [9.17, 15) is 14.4 Å². The molecule has 2 aromatic carbocycles. The van der Waals surface area contributed by atoms with Gasteiger partial charge in [0.1, 0.15) is 17.8 Å². The first-order chi connectivity index (χ1) is 21.0. The highest BCUT2D eigenvalue weighted by Crippen LogP contribution is 2.67. The summed E-state index contributed by atoms with van der Waals surface area (Å²) in [6.07, 6.45) is 1.92. The molecule has 2 aromatic rings. The average molecular weight is 599 g/mol. The zero-order chi connectivity index (χ0) is 31.2. The highest BCUT2D eigenvalue weighted by molar-refractivity contribution is 5.93. The molecule has 234 valence electrons. The monoisotopic (exact) mass is 598 g/mol. The number of carbonyl (C=O) groups excluding carboxylic acids is 3. The lowest BCUT2D eigenvalue weighted by Gasteiger charge is -2.38. The molecule has 2 aliphatic carbocycles. The van der Waals surface area contributed by atoms with Crippen LogP contribution in [0.15, 0.2) is 72.8 Å². The summed E-state index contributed by atoms with van der Waals surface area (Å²) < 4.78 is 19.6. The molecular formula is C38H46O6.